The smallest absolute Gasteiger partial charge is 0.254 e. The molecule has 1 aromatic carbocycles. The van der Waals surface area contributed by atoms with E-state index in [2.05, 4.69) is 14.9 Å². The third-order valence-corrected chi connectivity index (χ3v) is 4.69. The van der Waals surface area contributed by atoms with Crippen LogP contribution in [-0.4, -0.2) is 40.7 Å². The number of hydrogen-bond donors (Lipinski definition) is 2. The van der Waals surface area contributed by atoms with Gasteiger partial charge in [0.05, 0.1) is 25.5 Å². The molecule has 26 heavy (non-hydrogen) atoms. The van der Waals surface area contributed by atoms with Gasteiger partial charge in [0.15, 0.2) is 0 Å². The molecule has 0 aliphatic carbocycles. The molecule has 2 N–H and O–H groups in total. The van der Waals surface area contributed by atoms with E-state index in [1.54, 1.807) is 26.4 Å². The van der Waals surface area contributed by atoms with Crippen molar-refractivity contribution < 1.29 is 14.6 Å². The minimum atomic E-state index is -0.0295. The Balaban J connectivity index is 1.90. The van der Waals surface area contributed by atoms with Gasteiger partial charge in [-0.15, -0.1) is 0 Å². The lowest BCUT2D eigenvalue weighted by Crippen LogP contribution is -2.35. The molecule has 0 saturated heterocycles. The van der Waals surface area contributed by atoms with E-state index in [-0.39, 0.29) is 17.2 Å². The fourth-order valence-corrected chi connectivity index (χ4v) is 3.27. The maximum Gasteiger partial charge on any atom is 0.254 e. The zero-order valence-electron chi connectivity index (χ0n) is 15.6. The van der Waals surface area contributed by atoms with Crippen LogP contribution in [0.4, 0.5) is 0 Å². The molecule has 2 aromatic rings. The highest BCUT2D eigenvalue weighted by Gasteiger charge is 2.24. The second kappa shape index (κ2) is 7.37. The quantitative estimate of drug-likeness (QED) is 0.851. The van der Waals surface area contributed by atoms with Gasteiger partial charge in [0.25, 0.3) is 5.56 Å². The Labute approximate surface area is 152 Å². The highest BCUT2D eigenvalue weighted by molar-refractivity contribution is 5.50. The normalized spacial score (nSPS) is 14.3. The molecule has 0 radical (unpaired) electrons. The van der Waals surface area contributed by atoms with Gasteiger partial charge in [-0.3, -0.25) is 9.69 Å². The topological polar surface area (TPSA) is 87.7 Å². The lowest BCUT2D eigenvalue weighted by atomic mass is 10.0. The summed E-state index contributed by atoms with van der Waals surface area (Å²) in [5.74, 6) is 2.14. The van der Waals surface area contributed by atoms with Crippen molar-refractivity contribution in [3.8, 4) is 17.2 Å². The molecule has 7 nitrogen and oxygen atoms in total. The number of hydrogen-bond acceptors (Lipinski definition) is 6. The molecule has 3 rings (SSSR count). The van der Waals surface area contributed by atoms with Crippen LogP contribution < -0.4 is 15.0 Å². The van der Waals surface area contributed by atoms with Crippen LogP contribution in [0.15, 0.2) is 16.9 Å². The number of aromatic nitrogens is 2. The number of phenols is 1. The summed E-state index contributed by atoms with van der Waals surface area (Å²) in [5.41, 5.74) is 2.44. The average molecular weight is 359 g/mol. The maximum atomic E-state index is 12.3. The zero-order valence-corrected chi connectivity index (χ0v) is 15.6. The predicted octanol–water partition coefficient (Wildman–Crippen LogP) is 2.17. The molecule has 1 aliphatic rings. The maximum absolute atomic E-state index is 12.3. The molecule has 0 spiro atoms. The van der Waals surface area contributed by atoms with Crippen LogP contribution in [0, 0.1) is 0 Å². The summed E-state index contributed by atoms with van der Waals surface area (Å²) in [4.78, 5) is 22.1. The van der Waals surface area contributed by atoms with Crippen molar-refractivity contribution >= 4 is 0 Å². The van der Waals surface area contributed by atoms with E-state index in [9.17, 15) is 9.90 Å². The minimum absolute atomic E-state index is 0.0295. The number of rotatable bonds is 5. The Morgan fingerprint density at radius 2 is 1.92 bits per heavy atom. The van der Waals surface area contributed by atoms with E-state index >= 15 is 0 Å². The fraction of sp³-hybridized carbons (Fsp3) is 0.474. The number of H-pyrrole nitrogens is 1. The van der Waals surface area contributed by atoms with Gasteiger partial charge in [0, 0.05) is 43.2 Å². The van der Waals surface area contributed by atoms with Crippen molar-refractivity contribution in [2.45, 2.75) is 39.3 Å². The molecule has 0 atom stereocenters. The van der Waals surface area contributed by atoms with E-state index in [0.29, 0.717) is 31.0 Å². The minimum Gasteiger partial charge on any atom is -0.508 e. The van der Waals surface area contributed by atoms with E-state index in [0.717, 1.165) is 29.2 Å². The molecule has 1 aromatic heterocycles. The summed E-state index contributed by atoms with van der Waals surface area (Å²) in [6.07, 6.45) is 0.652. The van der Waals surface area contributed by atoms with Crippen LogP contribution in [0.5, 0.6) is 17.2 Å². The number of ether oxygens (including phenoxy) is 2. The summed E-state index contributed by atoms with van der Waals surface area (Å²) in [7, 11) is 3.14. The number of nitrogens with zero attached hydrogens (tertiary/aromatic N) is 2. The van der Waals surface area contributed by atoms with Gasteiger partial charge in [0.2, 0.25) is 0 Å². The van der Waals surface area contributed by atoms with Gasteiger partial charge < -0.3 is 19.6 Å². The molecule has 0 fully saturated rings. The van der Waals surface area contributed by atoms with Crippen molar-refractivity contribution in [3.63, 3.8) is 0 Å². The molecule has 7 heteroatoms. The first-order valence-corrected chi connectivity index (χ1v) is 8.71. The van der Waals surface area contributed by atoms with Crippen molar-refractivity contribution in [3.05, 3.63) is 45.1 Å². The standard InChI is InChI=1S/C19H25N3O4/c1-11(2)18-20-15-10-22(6-5-13(15)19(24)21-18)9-14-16(25-3)7-12(23)8-17(14)26-4/h7-8,11,23H,5-6,9-10H2,1-4H3,(H,20,21,24). The molecule has 2 heterocycles. The number of fused-ring (bicyclic) bond motifs is 1. The third-order valence-electron chi connectivity index (χ3n) is 4.69. The van der Waals surface area contributed by atoms with Crippen molar-refractivity contribution in [2.75, 3.05) is 20.8 Å². The molecule has 0 bridgehead atoms. The largest absolute Gasteiger partial charge is 0.508 e. The molecule has 0 saturated carbocycles. The van der Waals surface area contributed by atoms with Gasteiger partial charge in [0.1, 0.15) is 23.1 Å². The third kappa shape index (κ3) is 3.53. The van der Waals surface area contributed by atoms with E-state index in [4.69, 9.17) is 9.47 Å². The van der Waals surface area contributed by atoms with E-state index in [1.165, 1.54) is 0 Å². The van der Waals surface area contributed by atoms with Crippen LogP contribution >= 0.6 is 0 Å². The van der Waals surface area contributed by atoms with Gasteiger partial charge in [-0.05, 0) is 6.42 Å². The molecular weight excluding hydrogens is 334 g/mol. The van der Waals surface area contributed by atoms with E-state index in [1.807, 2.05) is 13.8 Å². The first-order valence-electron chi connectivity index (χ1n) is 8.71. The van der Waals surface area contributed by atoms with Crippen molar-refractivity contribution in [2.24, 2.45) is 0 Å². The lowest BCUT2D eigenvalue weighted by Gasteiger charge is -2.29. The van der Waals surface area contributed by atoms with Crippen LogP contribution in [0.3, 0.4) is 0 Å². The molecule has 0 amide bonds. The lowest BCUT2D eigenvalue weighted by molar-refractivity contribution is 0.232. The fourth-order valence-electron chi connectivity index (χ4n) is 3.27. The van der Waals surface area contributed by atoms with Crippen LogP contribution in [0.2, 0.25) is 0 Å². The van der Waals surface area contributed by atoms with Crippen LogP contribution in [-0.2, 0) is 19.5 Å². The number of nitrogens with one attached hydrogen (secondary N) is 1. The van der Waals surface area contributed by atoms with Crippen molar-refractivity contribution in [1.29, 1.82) is 0 Å². The summed E-state index contributed by atoms with van der Waals surface area (Å²) in [6.45, 7) is 5.94. The second-order valence-corrected chi connectivity index (χ2v) is 6.82. The Kier molecular flexibility index (Phi) is 5.18. The van der Waals surface area contributed by atoms with Crippen molar-refractivity contribution in [1.82, 2.24) is 14.9 Å². The average Bonchev–Trinajstić information content (AvgIpc) is 2.62. The summed E-state index contributed by atoms with van der Waals surface area (Å²) < 4.78 is 10.8. The molecule has 1 aliphatic heterocycles. The highest BCUT2D eigenvalue weighted by atomic mass is 16.5. The molecular formula is C19H25N3O4. The van der Waals surface area contributed by atoms with Gasteiger partial charge in [-0.2, -0.15) is 0 Å². The summed E-state index contributed by atoms with van der Waals surface area (Å²) in [5, 5.41) is 9.81. The first-order chi connectivity index (χ1) is 12.4. The Morgan fingerprint density at radius 3 is 2.50 bits per heavy atom. The summed E-state index contributed by atoms with van der Waals surface area (Å²) >= 11 is 0. The Bertz CT molecular complexity index is 835. The van der Waals surface area contributed by atoms with Gasteiger partial charge >= 0.3 is 0 Å². The SMILES string of the molecule is COc1cc(O)cc(OC)c1CN1CCc2c(nc(C(C)C)[nH]c2=O)C1. The molecule has 140 valence electrons. The van der Waals surface area contributed by atoms with Crippen LogP contribution in [0.1, 0.15) is 42.4 Å². The number of phenolic OH excluding ortho intramolecular Hbond substituents is 1. The monoisotopic (exact) mass is 359 g/mol. The highest BCUT2D eigenvalue weighted by Crippen LogP contribution is 2.35. The van der Waals surface area contributed by atoms with Gasteiger partial charge in [-0.1, -0.05) is 13.8 Å². The first kappa shape index (κ1) is 18.3. The Morgan fingerprint density at radius 1 is 1.27 bits per heavy atom. The predicted molar refractivity (Wildman–Crippen MR) is 98.0 cm³/mol. The number of methoxy groups -OCH3 is 2. The van der Waals surface area contributed by atoms with Crippen LogP contribution in [0.25, 0.3) is 0 Å². The number of benzene rings is 1. The second-order valence-electron chi connectivity index (χ2n) is 6.82. The van der Waals surface area contributed by atoms with Gasteiger partial charge in [-0.25, -0.2) is 4.98 Å². The number of aromatic amines is 1. The summed E-state index contributed by atoms with van der Waals surface area (Å²) in [6, 6.07) is 3.16. The van der Waals surface area contributed by atoms with E-state index < -0.39 is 0 Å². The molecule has 0 unspecified atom stereocenters. The number of aromatic hydroxyl groups is 1. The Hall–Kier alpha value is -2.54. The zero-order chi connectivity index (χ0) is 18.8.